The second-order valence-corrected chi connectivity index (χ2v) is 11.0. The van der Waals surface area contributed by atoms with Gasteiger partial charge < -0.3 is 14.8 Å². The van der Waals surface area contributed by atoms with Gasteiger partial charge in [0.05, 0.1) is 5.25 Å². The van der Waals surface area contributed by atoms with E-state index in [0.29, 0.717) is 28.2 Å². The van der Waals surface area contributed by atoms with Crippen molar-refractivity contribution in [3.8, 4) is 16.7 Å². The third kappa shape index (κ3) is 6.76. The number of nitrogens with zero attached hydrogens (tertiary/aromatic N) is 4. The van der Waals surface area contributed by atoms with Gasteiger partial charge >= 0.3 is 0 Å². The highest BCUT2D eigenvalue weighted by atomic mass is 32.2. The van der Waals surface area contributed by atoms with Gasteiger partial charge in [0.2, 0.25) is 5.13 Å². The van der Waals surface area contributed by atoms with E-state index in [1.807, 2.05) is 48.5 Å². The zero-order valence-electron chi connectivity index (χ0n) is 17.5. The number of hydrogen-bond acceptors (Lipinski definition) is 12. The number of rotatable bonds is 11. The zero-order chi connectivity index (χ0) is 23.0. The van der Waals surface area contributed by atoms with E-state index in [1.165, 1.54) is 22.7 Å². The van der Waals surface area contributed by atoms with Gasteiger partial charge in [0.25, 0.3) is 5.19 Å². The molecule has 12 heteroatoms. The van der Waals surface area contributed by atoms with Crippen LogP contribution in [0.15, 0.2) is 58.3 Å². The van der Waals surface area contributed by atoms with Crippen LogP contribution in [-0.2, 0) is 6.42 Å². The van der Waals surface area contributed by atoms with E-state index >= 15 is 0 Å². The predicted octanol–water partition coefficient (Wildman–Crippen LogP) is 6.24. The van der Waals surface area contributed by atoms with Crippen LogP contribution in [0.25, 0.3) is 0 Å². The van der Waals surface area contributed by atoms with Crippen LogP contribution in [0.2, 0.25) is 0 Å². The average molecular weight is 536 g/mol. The Bertz CT molecular complexity index is 1190. The van der Waals surface area contributed by atoms with Crippen molar-refractivity contribution >= 4 is 64.8 Å². The minimum Gasteiger partial charge on any atom is -0.472 e. The first-order valence-electron chi connectivity index (χ1n) is 10.00. The fourth-order valence-electron chi connectivity index (χ4n) is 2.77. The van der Waals surface area contributed by atoms with Crippen LogP contribution in [0.1, 0.15) is 22.2 Å². The van der Waals surface area contributed by atoms with Crippen molar-refractivity contribution in [1.29, 1.82) is 0 Å². The summed E-state index contributed by atoms with van der Waals surface area (Å²) in [6, 6.07) is 15.1. The molecule has 0 spiro atoms. The molecule has 33 heavy (non-hydrogen) atoms. The standard InChI is InChI=1S/C21H21N5O2S5/c1-2-31-17(11-18-23-26-21(32-18)28-14-8-4-6-10-16(14)30)19-24-25-20(33-19)22-12-27-13-7-3-5-9-15(13)29/h3-10,17,29-30H,2,11-12H2,1H3,(H,22,25). The van der Waals surface area contributed by atoms with E-state index in [1.54, 1.807) is 11.8 Å². The van der Waals surface area contributed by atoms with Gasteiger partial charge in [0.1, 0.15) is 21.5 Å². The van der Waals surface area contributed by atoms with Gasteiger partial charge in [-0.2, -0.15) is 11.8 Å². The van der Waals surface area contributed by atoms with E-state index in [-0.39, 0.29) is 12.0 Å². The average Bonchev–Trinajstić information content (AvgIpc) is 3.46. The van der Waals surface area contributed by atoms with E-state index in [2.05, 4.69) is 57.9 Å². The molecule has 0 saturated heterocycles. The molecular weight excluding hydrogens is 515 g/mol. The number of ether oxygens (including phenoxy) is 2. The molecule has 0 fully saturated rings. The maximum absolute atomic E-state index is 5.84. The van der Waals surface area contributed by atoms with Crippen LogP contribution in [0.4, 0.5) is 5.13 Å². The summed E-state index contributed by atoms with van der Waals surface area (Å²) in [6.45, 7) is 2.40. The van der Waals surface area contributed by atoms with Crippen LogP contribution < -0.4 is 14.8 Å². The lowest BCUT2D eigenvalue weighted by Crippen LogP contribution is -2.08. The van der Waals surface area contributed by atoms with Gasteiger partial charge in [0, 0.05) is 16.2 Å². The topological polar surface area (TPSA) is 82.1 Å². The summed E-state index contributed by atoms with van der Waals surface area (Å²) in [5.74, 6) is 2.32. The minimum atomic E-state index is 0.125. The molecule has 0 aliphatic rings. The first-order chi connectivity index (χ1) is 16.1. The molecule has 0 aliphatic carbocycles. The Balaban J connectivity index is 1.36. The molecule has 0 aliphatic heterocycles. The molecule has 2 heterocycles. The highest BCUT2D eigenvalue weighted by Gasteiger charge is 2.20. The van der Waals surface area contributed by atoms with Crippen molar-refractivity contribution in [2.75, 3.05) is 17.8 Å². The predicted molar refractivity (Wildman–Crippen MR) is 141 cm³/mol. The lowest BCUT2D eigenvalue weighted by Gasteiger charge is -2.10. The van der Waals surface area contributed by atoms with Gasteiger partial charge in [-0.1, -0.05) is 59.0 Å². The number of hydrogen-bond donors (Lipinski definition) is 3. The maximum atomic E-state index is 5.84. The number of nitrogens with one attached hydrogen (secondary N) is 1. The number of aromatic nitrogens is 4. The third-order valence-electron chi connectivity index (χ3n) is 4.27. The van der Waals surface area contributed by atoms with Crippen LogP contribution in [-0.4, -0.2) is 32.9 Å². The van der Waals surface area contributed by atoms with Gasteiger partial charge in [-0.3, -0.25) is 0 Å². The first-order valence-corrected chi connectivity index (χ1v) is 13.6. The molecule has 7 nitrogen and oxygen atoms in total. The molecule has 2 aromatic heterocycles. The number of anilines is 1. The first kappa shape index (κ1) is 24.1. The van der Waals surface area contributed by atoms with Crippen molar-refractivity contribution in [2.24, 2.45) is 0 Å². The summed E-state index contributed by atoms with van der Waals surface area (Å²) in [5.41, 5.74) is 0. The van der Waals surface area contributed by atoms with Gasteiger partial charge in [-0.25, -0.2) is 0 Å². The van der Waals surface area contributed by atoms with Gasteiger partial charge in [0.15, 0.2) is 6.73 Å². The molecule has 0 saturated carbocycles. The Hall–Kier alpha value is -1.99. The molecule has 0 radical (unpaired) electrons. The SMILES string of the molecule is CCSC(Cc1nnc(Oc2ccccc2S)s1)c1nnc(NCOc2ccccc2S)s1. The molecule has 1 N–H and O–H groups in total. The van der Waals surface area contributed by atoms with E-state index in [9.17, 15) is 0 Å². The summed E-state index contributed by atoms with van der Waals surface area (Å²) >= 11 is 13.5. The van der Waals surface area contributed by atoms with Gasteiger partial charge in [-0.15, -0.1) is 40.6 Å². The van der Waals surface area contributed by atoms with Crippen molar-refractivity contribution in [2.45, 2.75) is 28.4 Å². The third-order valence-corrected chi connectivity index (χ3v) is 8.10. The zero-order valence-corrected chi connectivity index (χ0v) is 21.8. The summed E-state index contributed by atoms with van der Waals surface area (Å²) in [4.78, 5) is 1.54. The molecule has 172 valence electrons. The fraction of sp³-hybridized carbons (Fsp3) is 0.238. The van der Waals surface area contributed by atoms with Crippen molar-refractivity contribution in [3.05, 3.63) is 58.5 Å². The van der Waals surface area contributed by atoms with E-state index < -0.39 is 0 Å². The molecule has 0 amide bonds. The van der Waals surface area contributed by atoms with Crippen molar-refractivity contribution in [1.82, 2.24) is 20.4 Å². The molecular formula is C21H21N5O2S5. The highest BCUT2D eigenvalue weighted by Crippen LogP contribution is 2.37. The summed E-state index contributed by atoms with van der Waals surface area (Å²) in [5, 5.41) is 23.4. The molecule has 1 atom stereocenters. The van der Waals surface area contributed by atoms with Crippen LogP contribution in [0.5, 0.6) is 16.7 Å². The number of benzene rings is 2. The monoisotopic (exact) mass is 535 g/mol. The second-order valence-electron chi connectivity index (χ2n) is 6.56. The highest BCUT2D eigenvalue weighted by molar-refractivity contribution is 7.99. The van der Waals surface area contributed by atoms with E-state index in [0.717, 1.165) is 25.6 Å². The smallest absolute Gasteiger partial charge is 0.299 e. The molecule has 4 aromatic rings. The van der Waals surface area contributed by atoms with Crippen molar-refractivity contribution in [3.63, 3.8) is 0 Å². The molecule has 0 bridgehead atoms. The Labute approximate surface area is 215 Å². The largest absolute Gasteiger partial charge is 0.472 e. The van der Waals surface area contributed by atoms with Crippen LogP contribution in [0, 0.1) is 0 Å². The fourth-order valence-corrected chi connectivity index (χ4v) is 5.97. The minimum absolute atomic E-state index is 0.125. The lowest BCUT2D eigenvalue weighted by molar-refractivity contribution is 0.339. The summed E-state index contributed by atoms with van der Waals surface area (Å²) < 4.78 is 11.6. The quantitative estimate of drug-likeness (QED) is 0.154. The lowest BCUT2D eigenvalue weighted by atomic mass is 10.3. The summed E-state index contributed by atoms with van der Waals surface area (Å²) in [7, 11) is 0. The molecule has 2 aromatic carbocycles. The van der Waals surface area contributed by atoms with Crippen molar-refractivity contribution < 1.29 is 9.47 Å². The number of para-hydroxylation sites is 2. The normalized spacial score (nSPS) is 11.8. The molecule has 1 unspecified atom stereocenters. The second kappa shape index (κ2) is 11.9. The number of thiol groups is 2. The Kier molecular flexibility index (Phi) is 8.73. The Morgan fingerprint density at radius 2 is 1.67 bits per heavy atom. The Morgan fingerprint density at radius 3 is 2.39 bits per heavy atom. The number of thioether (sulfide) groups is 1. The Morgan fingerprint density at radius 1 is 0.939 bits per heavy atom. The summed E-state index contributed by atoms with van der Waals surface area (Å²) in [6.07, 6.45) is 0.695. The maximum Gasteiger partial charge on any atom is 0.299 e. The van der Waals surface area contributed by atoms with E-state index in [4.69, 9.17) is 9.47 Å². The molecule has 4 rings (SSSR count). The van der Waals surface area contributed by atoms with Crippen LogP contribution in [0.3, 0.4) is 0 Å². The van der Waals surface area contributed by atoms with Gasteiger partial charge in [-0.05, 0) is 30.0 Å². The van der Waals surface area contributed by atoms with Crippen LogP contribution >= 0.6 is 59.7 Å².